The lowest BCUT2D eigenvalue weighted by atomic mass is 10.2. The molecular weight excluding hydrogens is 318 g/mol. The maximum atomic E-state index is 12.3. The maximum absolute atomic E-state index is 12.3. The summed E-state index contributed by atoms with van der Waals surface area (Å²) in [6.07, 6.45) is 1.52. The minimum Gasteiger partial charge on any atom is -0.459 e. The van der Waals surface area contributed by atoms with Gasteiger partial charge in [0, 0.05) is 43.5 Å². The molecule has 132 valence electrons. The third kappa shape index (κ3) is 4.02. The molecule has 0 saturated carbocycles. The number of carbonyl (C=O) groups excluding carboxylic acids is 2. The van der Waals surface area contributed by atoms with Gasteiger partial charge >= 0.3 is 0 Å². The zero-order valence-electron chi connectivity index (χ0n) is 14.6. The molecule has 3 rings (SSSR count). The van der Waals surface area contributed by atoms with Crippen molar-refractivity contribution in [3.05, 3.63) is 48.4 Å². The number of nitrogens with one attached hydrogen (secondary N) is 1. The van der Waals surface area contributed by atoms with E-state index in [1.165, 1.54) is 6.26 Å². The van der Waals surface area contributed by atoms with Crippen LogP contribution in [-0.4, -0.2) is 42.9 Å². The van der Waals surface area contributed by atoms with E-state index in [9.17, 15) is 9.59 Å². The quantitative estimate of drug-likeness (QED) is 0.929. The van der Waals surface area contributed by atoms with E-state index < -0.39 is 0 Å². The summed E-state index contributed by atoms with van der Waals surface area (Å²) < 4.78 is 5.18. The van der Waals surface area contributed by atoms with Crippen molar-refractivity contribution >= 4 is 23.2 Å². The predicted octanol–water partition coefficient (Wildman–Crippen LogP) is 2.84. The molecule has 1 N–H and O–H groups in total. The fraction of sp³-hybridized carbons (Fsp3) is 0.368. The lowest BCUT2D eigenvalue weighted by Gasteiger charge is -2.35. The van der Waals surface area contributed by atoms with E-state index in [0.29, 0.717) is 18.8 Å². The fourth-order valence-corrected chi connectivity index (χ4v) is 2.77. The summed E-state index contributed by atoms with van der Waals surface area (Å²) in [7, 11) is 0. The highest BCUT2D eigenvalue weighted by atomic mass is 16.3. The molecule has 1 saturated heterocycles. The summed E-state index contributed by atoms with van der Waals surface area (Å²) in [4.78, 5) is 28.1. The van der Waals surface area contributed by atoms with Crippen LogP contribution >= 0.6 is 0 Å². The molecule has 2 aromatic rings. The van der Waals surface area contributed by atoms with Crippen molar-refractivity contribution in [2.75, 3.05) is 36.4 Å². The van der Waals surface area contributed by atoms with Crippen LogP contribution in [0.1, 0.15) is 24.4 Å². The Labute approximate surface area is 147 Å². The average Bonchev–Trinajstić information content (AvgIpc) is 3.16. The van der Waals surface area contributed by atoms with Gasteiger partial charge < -0.3 is 19.5 Å². The highest BCUT2D eigenvalue weighted by Gasteiger charge is 2.23. The first-order chi connectivity index (χ1) is 12.0. The monoisotopic (exact) mass is 341 g/mol. The number of benzene rings is 1. The zero-order valence-corrected chi connectivity index (χ0v) is 14.6. The van der Waals surface area contributed by atoms with Crippen LogP contribution in [0.15, 0.2) is 47.1 Å². The van der Waals surface area contributed by atoms with Crippen LogP contribution in [0.25, 0.3) is 0 Å². The van der Waals surface area contributed by atoms with Gasteiger partial charge in [0.05, 0.1) is 6.26 Å². The molecular formula is C19H23N3O3. The Balaban J connectivity index is 1.56. The molecule has 0 atom stereocenters. The number of hydrogen-bond acceptors (Lipinski definition) is 4. The molecule has 0 bridgehead atoms. The van der Waals surface area contributed by atoms with Gasteiger partial charge in [0.15, 0.2) is 5.76 Å². The zero-order chi connectivity index (χ0) is 17.8. The molecule has 2 amide bonds. The fourth-order valence-electron chi connectivity index (χ4n) is 2.77. The first kappa shape index (κ1) is 17.1. The van der Waals surface area contributed by atoms with Crippen molar-refractivity contribution < 1.29 is 14.0 Å². The van der Waals surface area contributed by atoms with E-state index in [-0.39, 0.29) is 17.7 Å². The Bertz CT molecular complexity index is 715. The smallest absolute Gasteiger partial charge is 0.289 e. The molecule has 1 aliphatic heterocycles. The van der Waals surface area contributed by atoms with E-state index >= 15 is 0 Å². The van der Waals surface area contributed by atoms with Crippen LogP contribution in [0.4, 0.5) is 11.4 Å². The van der Waals surface area contributed by atoms with Crippen molar-refractivity contribution in [3.63, 3.8) is 0 Å². The SMILES string of the molecule is CC(C)C(=O)Nc1ccc(N2CCN(C(=O)c3ccco3)CC2)cc1. The van der Waals surface area contributed by atoms with Crippen LogP contribution < -0.4 is 10.2 Å². The molecule has 0 aliphatic carbocycles. The van der Waals surface area contributed by atoms with Gasteiger partial charge in [-0.3, -0.25) is 9.59 Å². The lowest BCUT2D eigenvalue weighted by Crippen LogP contribution is -2.48. The van der Waals surface area contributed by atoms with Gasteiger partial charge in [0.1, 0.15) is 0 Å². The number of piperazine rings is 1. The van der Waals surface area contributed by atoms with Gasteiger partial charge in [-0.1, -0.05) is 13.8 Å². The topological polar surface area (TPSA) is 65.8 Å². The molecule has 1 aliphatic rings. The van der Waals surface area contributed by atoms with Crippen molar-refractivity contribution in [3.8, 4) is 0 Å². The van der Waals surface area contributed by atoms with Crippen molar-refractivity contribution in [1.82, 2.24) is 4.90 Å². The predicted molar refractivity (Wildman–Crippen MR) is 96.7 cm³/mol. The number of hydrogen-bond donors (Lipinski definition) is 1. The number of anilines is 2. The van der Waals surface area contributed by atoms with E-state index in [0.717, 1.165) is 24.5 Å². The second-order valence-corrected chi connectivity index (χ2v) is 6.45. The number of carbonyl (C=O) groups is 2. The number of rotatable bonds is 4. The number of furan rings is 1. The Kier molecular flexibility index (Phi) is 5.07. The summed E-state index contributed by atoms with van der Waals surface area (Å²) in [6.45, 7) is 6.59. The molecule has 2 heterocycles. The van der Waals surface area contributed by atoms with Crippen molar-refractivity contribution in [1.29, 1.82) is 0 Å². The van der Waals surface area contributed by atoms with E-state index in [1.54, 1.807) is 12.1 Å². The summed E-state index contributed by atoms with van der Waals surface area (Å²) in [5.41, 5.74) is 1.89. The van der Waals surface area contributed by atoms with Gasteiger partial charge in [-0.2, -0.15) is 0 Å². The highest BCUT2D eigenvalue weighted by Crippen LogP contribution is 2.20. The Hall–Kier alpha value is -2.76. The van der Waals surface area contributed by atoms with E-state index in [2.05, 4.69) is 10.2 Å². The first-order valence-corrected chi connectivity index (χ1v) is 8.53. The largest absolute Gasteiger partial charge is 0.459 e. The summed E-state index contributed by atoms with van der Waals surface area (Å²) >= 11 is 0. The van der Waals surface area contributed by atoms with Gasteiger partial charge in [-0.05, 0) is 36.4 Å². The Morgan fingerprint density at radius 1 is 1.04 bits per heavy atom. The Morgan fingerprint density at radius 3 is 2.28 bits per heavy atom. The van der Waals surface area contributed by atoms with Gasteiger partial charge in [0.2, 0.25) is 5.91 Å². The normalized spacial score (nSPS) is 14.7. The molecule has 6 nitrogen and oxygen atoms in total. The molecule has 25 heavy (non-hydrogen) atoms. The summed E-state index contributed by atoms with van der Waals surface area (Å²) in [5, 5.41) is 2.89. The molecule has 1 aromatic carbocycles. The third-order valence-electron chi connectivity index (χ3n) is 4.32. The molecule has 1 fully saturated rings. The minimum absolute atomic E-state index is 0.0119. The second kappa shape index (κ2) is 7.42. The van der Waals surface area contributed by atoms with Crippen LogP contribution in [0.2, 0.25) is 0 Å². The van der Waals surface area contributed by atoms with Crippen LogP contribution in [0.5, 0.6) is 0 Å². The highest BCUT2D eigenvalue weighted by molar-refractivity contribution is 5.92. The lowest BCUT2D eigenvalue weighted by molar-refractivity contribution is -0.118. The first-order valence-electron chi connectivity index (χ1n) is 8.53. The van der Waals surface area contributed by atoms with Crippen molar-refractivity contribution in [2.24, 2.45) is 5.92 Å². The molecule has 0 spiro atoms. The average molecular weight is 341 g/mol. The van der Waals surface area contributed by atoms with Crippen molar-refractivity contribution in [2.45, 2.75) is 13.8 Å². The van der Waals surface area contributed by atoms with Crippen LogP contribution in [0, 0.1) is 5.92 Å². The summed E-state index contributed by atoms with van der Waals surface area (Å²) in [5.74, 6) is 0.298. The minimum atomic E-state index is -0.0589. The van der Waals surface area contributed by atoms with E-state index in [4.69, 9.17) is 4.42 Å². The molecule has 6 heteroatoms. The summed E-state index contributed by atoms with van der Waals surface area (Å²) in [6, 6.07) is 11.2. The van der Waals surface area contributed by atoms with E-state index in [1.807, 2.05) is 43.0 Å². The third-order valence-corrected chi connectivity index (χ3v) is 4.32. The Morgan fingerprint density at radius 2 is 1.72 bits per heavy atom. The van der Waals surface area contributed by atoms with Gasteiger partial charge in [0.25, 0.3) is 5.91 Å². The van der Waals surface area contributed by atoms with Gasteiger partial charge in [-0.15, -0.1) is 0 Å². The van der Waals surface area contributed by atoms with Crippen LogP contribution in [-0.2, 0) is 4.79 Å². The molecule has 0 unspecified atom stereocenters. The molecule has 1 aromatic heterocycles. The maximum Gasteiger partial charge on any atom is 0.289 e. The molecule has 0 radical (unpaired) electrons. The second-order valence-electron chi connectivity index (χ2n) is 6.45. The van der Waals surface area contributed by atoms with Gasteiger partial charge in [-0.25, -0.2) is 0 Å². The number of amides is 2. The standard InChI is InChI=1S/C19H23N3O3/c1-14(2)18(23)20-15-5-7-16(8-6-15)21-9-11-22(12-10-21)19(24)17-4-3-13-25-17/h3-8,13-14H,9-12H2,1-2H3,(H,20,23). The number of nitrogens with zero attached hydrogens (tertiary/aromatic N) is 2. The van der Waals surface area contributed by atoms with Crippen LogP contribution in [0.3, 0.4) is 0 Å².